The highest BCUT2D eigenvalue weighted by molar-refractivity contribution is 5.80. The monoisotopic (exact) mass is 357 g/mol. The minimum atomic E-state index is -4.17. The molecule has 1 aliphatic heterocycles. The van der Waals surface area contributed by atoms with Crippen molar-refractivity contribution in [1.29, 1.82) is 0 Å². The number of para-hydroxylation sites is 1. The molecule has 0 aromatic heterocycles. The van der Waals surface area contributed by atoms with Crippen molar-refractivity contribution in [3.63, 3.8) is 0 Å². The summed E-state index contributed by atoms with van der Waals surface area (Å²) in [6.45, 7) is 1.63. The number of likely N-dealkylation sites (N-methyl/N-ethyl adjacent to an activating group) is 1. The average molecular weight is 357 g/mol. The van der Waals surface area contributed by atoms with Crippen molar-refractivity contribution in [2.45, 2.75) is 18.6 Å². The van der Waals surface area contributed by atoms with Gasteiger partial charge in [0, 0.05) is 45.0 Å². The summed E-state index contributed by atoms with van der Waals surface area (Å²) in [7, 11) is 3.12. The SMILES string of the molecule is CN=C(NCCN(C)CC(F)(F)F)NC1CCN(c2ccccc2)C1. The van der Waals surface area contributed by atoms with Crippen LogP contribution in [0.5, 0.6) is 0 Å². The van der Waals surface area contributed by atoms with Crippen LogP contribution in [-0.4, -0.2) is 69.9 Å². The van der Waals surface area contributed by atoms with Crippen molar-refractivity contribution in [3.8, 4) is 0 Å². The molecule has 0 aliphatic carbocycles. The van der Waals surface area contributed by atoms with Crippen LogP contribution in [-0.2, 0) is 0 Å². The van der Waals surface area contributed by atoms with E-state index in [1.165, 1.54) is 17.6 Å². The molecular weight excluding hydrogens is 331 g/mol. The smallest absolute Gasteiger partial charge is 0.369 e. The summed E-state index contributed by atoms with van der Waals surface area (Å²) >= 11 is 0. The first kappa shape index (κ1) is 19.4. The Morgan fingerprint density at radius 3 is 2.68 bits per heavy atom. The fourth-order valence-corrected chi connectivity index (χ4v) is 2.89. The maximum atomic E-state index is 12.3. The molecule has 25 heavy (non-hydrogen) atoms. The summed E-state index contributed by atoms with van der Waals surface area (Å²) in [6, 6.07) is 10.5. The summed E-state index contributed by atoms with van der Waals surface area (Å²) < 4.78 is 36.9. The number of aliphatic imine (C=N–C) groups is 1. The van der Waals surface area contributed by atoms with Crippen molar-refractivity contribution in [2.24, 2.45) is 4.99 Å². The van der Waals surface area contributed by atoms with Gasteiger partial charge in [0.25, 0.3) is 0 Å². The molecule has 2 rings (SSSR count). The Labute approximate surface area is 146 Å². The van der Waals surface area contributed by atoms with Gasteiger partial charge in [-0.25, -0.2) is 0 Å². The van der Waals surface area contributed by atoms with Crippen LogP contribution >= 0.6 is 0 Å². The normalized spacial score (nSPS) is 18.7. The molecule has 0 saturated carbocycles. The Bertz CT molecular complexity index is 547. The third-order valence-corrected chi connectivity index (χ3v) is 4.11. The number of benzene rings is 1. The van der Waals surface area contributed by atoms with Crippen LogP contribution in [0.25, 0.3) is 0 Å². The van der Waals surface area contributed by atoms with Gasteiger partial charge in [-0.1, -0.05) is 18.2 Å². The lowest BCUT2D eigenvalue weighted by atomic mass is 10.3. The Kier molecular flexibility index (Phi) is 6.92. The molecule has 140 valence electrons. The second-order valence-electron chi connectivity index (χ2n) is 6.26. The summed E-state index contributed by atoms with van der Waals surface area (Å²) in [5, 5.41) is 6.42. The van der Waals surface area contributed by atoms with Crippen LogP contribution in [0.1, 0.15) is 6.42 Å². The maximum absolute atomic E-state index is 12.3. The van der Waals surface area contributed by atoms with Gasteiger partial charge in [-0.2, -0.15) is 13.2 Å². The van der Waals surface area contributed by atoms with Gasteiger partial charge >= 0.3 is 6.18 Å². The zero-order valence-electron chi connectivity index (χ0n) is 14.7. The Hall–Kier alpha value is -1.96. The molecule has 1 heterocycles. The zero-order chi connectivity index (χ0) is 18.3. The predicted molar refractivity (Wildman–Crippen MR) is 95.1 cm³/mol. The number of nitrogens with zero attached hydrogens (tertiary/aromatic N) is 3. The Morgan fingerprint density at radius 1 is 1.32 bits per heavy atom. The fourth-order valence-electron chi connectivity index (χ4n) is 2.89. The molecule has 8 heteroatoms. The highest BCUT2D eigenvalue weighted by Gasteiger charge is 2.29. The number of guanidine groups is 1. The van der Waals surface area contributed by atoms with Crippen molar-refractivity contribution in [2.75, 3.05) is 51.7 Å². The maximum Gasteiger partial charge on any atom is 0.401 e. The first-order valence-corrected chi connectivity index (χ1v) is 8.40. The third-order valence-electron chi connectivity index (χ3n) is 4.11. The molecule has 1 unspecified atom stereocenters. The van der Waals surface area contributed by atoms with Crippen molar-refractivity contribution in [1.82, 2.24) is 15.5 Å². The minimum absolute atomic E-state index is 0.263. The van der Waals surface area contributed by atoms with E-state index in [1.807, 2.05) is 18.2 Å². The summed E-state index contributed by atoms with van der Waals surface area (Å²) in [4.78, 5) is 7.71. The van der Waals surface area contributed by atoms with Gasteiger partial charge in [-0.05, 0) is 25.6 Å². The lowest BCUT2D eigenvalue weighted by Gasteiger charge is -2.22. The highest BCUT2D eigenvalue weighted by Crippen LogP contribution is 2.19. The fraction of sp³-hybridized carbons (Fsp3) is 0.588. The zero-order valence-corrected chi connectivity index (χ0v) is 14.7. The van der Waals surface area contributed by atoms with E-state index in [4.69, 9.17) is 0 Å². The lowest BCUT2D eigenvalue weighted by molar-refractivity contribution is -0.142. The van der Waals surface area contributed by atoms with E-state index >= 15 is 0 Å². The van der Waals surface area contributed by atoms with Crippen LogP contribution in [0.2, 0.25) is 0 Å². The van der Waals surface area contributed by atoms with E-state index < -0.39 is 12.7 Å². The van der Waals surface area contributed by atoms with Crippen molar-refractivity contribution < 1.29 is 13.2 Å². The molecule has 0 amide bonds. The molecule has 0 spiro atoms. The van der Waals surface area contributed by atoms with Gasteiger partial charge < -0.3 is 15.5 Å². The second-order valence-corrected chi connectivity index (χ2v) is 6.26. The van der Waals surface area contributed by atoms with E-state index in [2.05, 4.69) is 32.7 Å². The first-order valence-electron chi connectivity index (χ1n) is 8.40. The van der Waals surface area contributed by atoms with Crippen molar-refractivity contribution in [3.05, 3.63) is 30.3 Å². The summed E-state index contributed by atoms with van der Waals surface area (Å²) in [6.07, 6.45) is -3.18. The molecule has 0 bridgehead atoms. The molecule has 1 atom stereocenters. The van der Waals surface area contributed by atoms with Crippen LogP contribution < -0.4 is 15.5 Å². The molecule has 1 saturated heterocycles. The van der Waals surface area contributed by atoms with Crippen LogP contribution in [0.15, 0.2) is 35.3 Å². The number of halogens is 3. The van der Waals surface area contributed by atoms with Crippen LogP contribution in [0.3, 0.4) is 0 Å². The van der Waals surface area contributed by atoms with Gasteiger partial charge in [0.15, 0.2) is 5.96 Å². The van der Waals surface area contributed by atoms with Gasteiger partial charge in [-0.15, -0.1) is 0 Å². The molecular formula is C17H26F3N5. The molecule has 1 aliphatic rings. The molecule has 1 aromatic rings. The minimum Gasteiger partial charge on any atom is -0.369 e. The van der Waals surface area contributed by atoms with Gasteiger partial charge in [0.05, 0.1) is 6.54 Å². The predicted octanol–water partition coefficient (Wildman–Crippen LogP) is 1.92. The van der Waals surface area contributed by atoms with E-state index in [0.717, 1.165) is 19.5 Å². The van der Waals surface area contributed by atoms with E-state index in [1.54, 1.807) is 7.05 Å². The number of rotatable bonds is 6. The van der Waals surface area contributed by atoms with Gasteiger partial charge in [0.2, 0.25) is 0 Å². The van der Waals surface area contributed by atoms with Crippen molar-refractivity contribution >= 4 is 11.6 Å². The topological polar surface area (TPSA) is 42.9 Å². The van der Waals surface area contributed by atoms with E-state index in [0.29, 0.717) is 19.0 Å². The third kappa shape index (κ3) is 6.81. The van der Waals surface area contributed by atoms with E-state index in [9.17, 15) is 13.2 Å². The van der Waals surface area contributed by atoms with Gasteiger partial charge in [0.1, 0.15) is 0 Å². The van der Waals surface area contributed by atoms with Gasteiger partial charge in [-0.3, -0.25) is 9.89 Å². The number of alkyl halides is 3. The number of nitrogens with one attached hydrogen (secondary N) is 2. The second kappa shape index (κ2) is 8.94. The molecule has 1 aromatic carbocycles. The molecule has 2 N–H and O–H groups in total. The summed E-state index contributed by atoms with van der Waals surface area (Å²) in [5.74, 6) is 0.625. The standard InChI is InChI=1S/C17H26F3N5/c1-21-16(22-9-11-24(2)13-17(18,19)20)23-14-8-10-25(12-14)15-6-4-3-5-7-15/h3-7,14H,8-13H2,1-2H3,(H2,21,22,23). The number of hydrogen-bond donors (Lipinski definition) is 2. The van der Waals surface area contributed by atoms with Crippen LogP contribution in [0.4, 0.5) is 18.9 Å². The van der Waals surface area contributed by atoms with E-state index in [-0.39, 0.29) is 6.04 Å². The first-order chi connectivity index (χ1) is 11.9. The Morgan fingerprint density at radius 2 is 2.04 bits per heavy atom. The number of anilines is 1. The lowest BCUT2D eigenvalue weighted by Crippen LogP contribution is -2.46. The van der Waals surface area contributed by atoms with Crippen LogP contribution in [0, 0.1) is 0 Å². The number of hydrogen-bond acceptors (Lipinski definition) is 3. The molecule has 5 nitrogen and oxygen atoms in total. The summed E-state index contributed by atoms with van der Waals surface area (Å²) in [5.41, 5.74) is 1.20. The largest absolute Gasteiger partial charge is 0.401 e. The molecule has 1 fully saturated rings. The quantitative estimate of drug-likeness (QED) is 0.603. The molecule has 0 radical (unpaired) electrons. The Balaban J connectivity index is 1.72. The average Bonchev–Trinajstić information content (AvgIpc) is 3.01. The highest BCUT2D eigenvalue weighted by atomic mass is 19.4.